The molecule has 1 aromatic heterocycles. The van der Waals surface area contributed by atoms with E-state index in [1.807, 2.05) is 6.07 Å². The number of phosphoric acid groups is 1. The van der Waals surface area contributed by atoms with Crippen molar-refractivity contribution in [2.75, 3.05) is 6.61 Å². The highest BCUT2D eigenvalue weighted by molar-refractivity contribution is 7.47. The van der Waals surface area contributed by atoms with Crippen LogP contribution in [-0.2, 0) is 18.3 Å². The molecule has 0 saturated carbocycles. The maximum atomic E-state index is 11.8. The molecular weight excluding hydrogens is 317 g/mol. The van der Waals surface area contributed by atoms with Crippen molar-refractivity contribution in [3.05, 3.63) is 33.1 Å². The van der Waals surface area contributed by atoms with E-state index in [-0.39, 0.29) is 13.0 Å². The molecule has 2 heterocycles. The lowest BCUT2D eigenvalue weighted by molar-refractivity contribution is -0.135. The molecule has 1 aliphatic rings. The second kappa shape index (κ2) is 6.56. The van der Waals surface area contributed by atoms with E-state index in [4.69, 9.17) is 14.5 Å². The van der Waals surface area contributed by atoms with E-state index < -0.39 is 37.5 Å². The number of aromatic nitrogens is 2. The van der Waals surface area contributed by atoms with Crippen LogP contribution in [0.2, 0.25) is 0 Å². The Labute approximate surface area is 124 Å². The minimum atomic E-state index is -4.09. The van der Waals surface area contributed by atoms with E-state index in [0.717, 1.165) is 10.6 Å². The zero-order valence-corrected chi connectivity index (χ0v) is 12.4. The molecule has 1 aliphatic heterocycles. The summed E-state index contributed by atoms with van der Waals surface area (Å²) in [6, 6.07) is 2.99. The maximum absolute atomic E-state index is 11.8. The molecule has 0 amide bonds. The van der Waals surface area contributed by atoms with Crippen LogP contribution in [-0.4, -0.2) is 33.3 Å². The highest BCUT2D eigenvalue weighted by Crippen LogP contribution is 2.48. The normalized spacial score (nSPS) is 29.7. The fourth-order valence-corrected chi connectivity index (χ4v) is 2.86. The molecule has 11 heteroatoms. The van der Waals surface area contributed by atoms with Crippen molar-refractivity contribution in [3.8, 4) is 6.07 Å². The molecule has 10 nitrogen and oxygen atoms in total. The number of aromatic amines is 1. The van der Waals surface area contributed by atoms with Gasteiger partial charge in [0.2, 0.25) is 0 Å². The third-order valence-electron chi connectivity index (χ3n) is 2.98. The minimum Gasteiger partial charge on any atom is -0.348 e. The smallest absolute Gasteiger partial charge is 0.348 e. The fourth-order valence-electron chi connectivity index (χ4n) is 1.91. The summed E-state index contributed by atoms with van der Waals surface area (Å²) >= 11 is 0. The third kappa shape index (κ3) is 3.91. The molecule has 0 spiro atoms. The molecule has 0 radical (unpaired) electrons. The summed E-state index contributed by atoms with van der Waals surface area (Å²) in [5.41, 5.74) is -1.30. The predicted molar refractivity (Wildman–Crippen MR) is 71.8 cm³/mol. The summed E-state index contributed by atoms with van der Waals surface area (Å²) in [6.07, 6.45) is -1.50. The van der Waals surface area contributed by atoms with E-state index in [0.29, 0.717) is 0 Å². The van der Waals surface area contributed by atoms with Crippen LogP contribution >= 0.6 is 7.82 Å². The lowest BCUT2D eigenvalue weighted by atomic mass is 10.2. The zero-order valence-electron chi connectivity index (χ0n) is 11.5. The molecule has 0 aliphatic carbocycles. The predicted octanol–water partition coefficient (Wildman–Crippen LogP) is -0.130. The summed E-state index contributed by atoms with van der Waals surface area (Å²) in [7, 11) is -4.09. The Balaban J connectivity index is 2.19. The van der Waals surface area contributed by atoms with Crippen molar-refractivity contribution >= 4 is 7.82 Å². The van der Waals surface area contributed by atoms with Crippen molar-refractivity contribution in [1.82, 2.24) is 9.55 Å². The lowest BCUT2D eigenvalue weighted by Gasteiger charge is -2.33. The highest BCUT2D eigenvalue weighted by atomic mass is 31.2. The number of ether oxygens (including phenoxy) is 1. The van der Waals surface area contributed by atoms with E-state index >= 15 is 0 Å². The molecule has 2 unspecified atom stereocenters. The summed E-state index contributed by atoms with van der Waals surface area (Å²) in [4.78, 5) is 34.1. The molecule has 0 aromatic carbocycles. The van der Waals surface area contributed by atoms with Crippen LogP contribution in [0.5, 0.6) is 0 Å². The average Bonchev–Trinajstić information content (AvgIpc) is 2.41. The Morgan fingerprint density at radius 3 is 3.00 bits per heavy atom. The summed E-state index contributed by atoms with van der Waals surface area (Å²) in [5.74, 6) is 0. The van der Waals surface area contributed by atoms with Crippen molar-refractivity contribution in [2.24, 2.45) is 0 Å². The van der Waals surface area contributed by atoms with Crippen molar-refractivity contribution < 1.29 is 23.2 Å². The number of hydrogen-bond acceptors (Lipinski definition) is 7. The summed E-state index contributed by atoms with van der Waals surface area (Å²) < 4.78 is 27.3. The topological polar surface area (TPSA) is 144 Å². The second-order valence-electron chi connectivity index (χ2n) is 4.58. The van der Waals surface area contributed by atoms with Crippen LogP contribution in [0, 0.1) is 11.3 Å². The molecule has 4 atom stereocenters. The van der Waals surface area contributed by atoms with Crippen LogP contribution in [0.15, 0.2) is 21.9 Å². The quantitative estimate of drug-likeness (QED) is 0.726. The molecule has 1 aromatic rings. The van der Waals surface area contributed by atoms with Gasteiger partial charge in [0.25, 0.3) is 5.56 Å². The SMILES string of the molecule is CC1OP(=O)(O)OC[C@H]1O[C@H](CC#N)n1ccc(=O)[nH]c1=O. The molecule has 1 saturated heterocycles. The summed E-state index contributed by atoms with van der Waals surface area (Å²) in [5, 5.41) is 8.86. The van der Waals surface area contributed by atoms with Gasteiger partial charge in [0.1, 0.15) is 6.10 Å². The first-order chi connectivity index (χ1) is 10.3. The number of hydrogen-bond donors (Lipinski definition) is 2. The van der Waals surface area contributed by atoms with Crippen LogP contribution in [0.4, 0.5) is 0 Å². The molecule has 2 N–H and O–H groups in total. The monoisotopic (exact) mass is 331 g/mol. The van der Waals surface area contributed by atoms with E-state index in [1.54, 1.807) is 0 Å². The van der Waals surface area contributed by atoms with Gasteiger partial charge in [-0.15, -0.1) is 0 Å². The highest BCUT2D eigenvalue weighted by Gasteiger charge is 2.38. The van der Waals surface area contributed by atoms with Gasteiger partial charge >= 0.3 is 13.5 Å². The van der Waals surface area contributed by atoms with Crippen LogP contribution in [0.3, 0.4) is 0 Å². The van der Waals surface area contributed by atoms with Gasteiger partial charge in [0.05, 0.1) is 25.2 Å². The van der Waals surface area contributed by atoms with Gasteiger partial charge in [0, 0.05) is 12.3 Å². The van der Waals surface area contributed by atoms with Gasteiger partial charge in [-0.3, -0.25) is 23.4 Å². The number of H-pyrrole nitrogens is 1. The Morgan fingerprint density at radius 1 is 1.68 bits per heavy atom. The molecule has 1 fully saturated rings. The fraction of sp³-hybridized carbons (Fsp3) is 0.545. The van der Waals surface area contributed by atoms with Crippen molar-refractivity contribution in [2.45, 2.75) is 31.8 Å². The Hall–Kier alpha value is -1.76. The van der Waals surface area contributed by atoms with E-state index in [2.05, 4.69) is 9.51 Å². The zero-order chi connectivity index (χ0) is 16.3. The number of phosphoric ester groups is 1. The molecular formula is C11H14N3O7P. The average molecular weight is 331 g/mol. The number of nitrogens with one attached hydrogen (secondary N) is 1. The first kappa shape index (κ1) is 16.6. The second-order valence-corrected chi connectivity index (χ2v) is 5.99. The third-order valence-corrected chi connectivity index (χ3v) is 4.06. The van der Waals surface area contributed by atoms with Gasteiger partial charge in [-0.05, 0) is 6.92 Å². The molecule has 0 bridgehead atoms. The standard InChI is InChI=1S/C11H14N3O7P/c1-7-8(6-19-22(17,18)21-7)20-10(2-4-12)14-5-3-9(15)13-11(14)16/h3,5,7-8,10H,2,6H2,1H3,(H,17,18)(H,13,15,16)/t7?,8-,10-/m1/s1. The summed E-state index contributed by atoms with van der Waals surface area (Å²) in [6.45, 7) is 1.28. The van der Waals surface area contributed by atoms with Crippen molar-refractivity contribution in [3.63, 3.8) is 0 Å². The minimum absolute atomic E-state index is 0.175. The molecule has 120 valence electrons. The number of nitriles is 1. The van der Waals surface area contributed by atoms with Crippen molar-refractivity contribution in [1.29, 1.82) is 5.26 Å². The van der Waals surface area contributed by atoms with Crippen LogP contribution in [0.1, 0.15) is 19.6 Å². The van der Waals surface area contributed by atoms with E-state index in [1.165, 1.54) is 13.1 Å². The first-order valence-corrected chi connectivity index (χ1v) is 7.81. The van der Waals surface area contributed by atoms with E-state index in [9.17, 15) is 19.0 Å². The maximum Gasteiger partial charge on any atom is 0.472 e. The number of nitrogens with zero attached hydrogens (tertiary/aromatic N) is 2. The lowest BCUT2D eigenvalue weighted by Crippen LogP contribution is -2.41. The Kier molecular flexibility index (Phi) is 4.95. The molecule has 22 heavy (non-hydrogen) atoms. The largest absolute Gasteiger partial charge is 0.472 e. The van der Waals surface area contributed by atoms with Gasteiger partial charge in [-0.1, -0.05) is 0 Å². The first-order valence-electron chi connectivity index (χ1n) is 6.32. The van der Waals surface area contributed by atoms with Gasteiger partial charge in [0.15, 0.2) is 6.23 Å². The van der Waals surface area contributed by atoms with Gasteiger partial charge in [-0.2, -0.15) is 5.26 Å². The van der Waals surface area contributed by atoms with Crippen LogP contribution < -0.4 is 11.2 Å². The Morgan fingerprint density at radius 2 is 2.41 bits per heavy atom. The van der Waals surface area contributed by atoms with Gasteiger partial charge in [-0.25, -0.2) is 9.36 Å². The Bertz CT molecular complexity index is 736. The number of rotatable bonds is 4. The molecule has 2 rings (SSSR count). The van der Waals surface area contributed by atoms with Crippen LogP contribution in [0.25, 0.3) is 0 Å². The van der Waals surface area contributed by atoms with Gasteiger partial charge < -0.3 is 9.63 Å².